The lowest BCUT2D eigenvalue weighted by atomic mass is 10.0. The molecule has 0 saturated heterocycles. The molecule has 0 radical (unpaired) electrons. The van der Waals surface area contributed by atoms with Crippen LogP contribution in [0.4, 0.5) is 10.1 Å². The van der Waals surface area contributed by atoms with Crippen LogP contribution in [0.25, 0.3) is 11.3 Å². The van der Waals surface area contributed by atoms with Crippen LogP contribution in [0.3, 0.4) is 0 Å². The normalized spacial score (nSPS) is 10.7. The number of nitrogens with one attached hydrogen (secondary N) is 1. The average molecular weight is 365 g/mol. The molecule has 1 heterocycles. The smallest absolute Gasteiger partial charge is 0.293 e. The second kappa shape index (κ2) is 7.63. The van der Waals surface area contributed by atoms with E-state index < -0.39 is 5.91 Å². The minimum Gasteiger partial charge on any atom is -0.392 e. The summed E-state index contributed by atoms with van der Waals surface area (Å²) in [5.74, 6) is -0.721. The summed E-state index contributed by atoms with van der Waals surface area (Å²) in [5, 5.41) is 12.1. The number of anilines is 1. The number of hydrogen-bond acceptors (Lipinski definition) is 4. The third kappa shape index (κ3) is 4.01. The van der Waals surface area contributed by atoms with Crippen molar-refractivity contribution in [2.24, 2.45) is 0 Å². The Bertz CT molecular complexity index is 995. The maximum Gasteiger partial charge on any atom is 0.293 e. The lowest BCUT2D eigenvalue weighted by Crippen LogP contribution is -2.17. The highest BCUT2D eigenvalue weighted by Crippen LogP contribution is 2.24. The molecule has 0 unspecified atom stereocenters. The predicted octanol–water partition coefficient (Wildman–Crippen LogP) is 3.95. The molecule has 5 nitrogen and oxygen atoms in total. The largest absolute Gasteiger partial charge is 0.392 e. The molecular formula is C21H20FN3O2. The summed E-state index contributed by atoms with van der Waals surface area (Å²) < 4.78 is 13.3. The number of aliphatic hydroxyl groups is 1. The van der Waals surface area contributed by atoms with Gasteiger partial charge in [-0.1, -0.05) is 12.1 Å². The topological polar surface area (TPSA) is 75.1 Å². The van der Waals surface area contributed by atoms with Crippen LogP contribution in [0.5, 0.6) is 0 Å². The molecular weight excluding hydrogens is 345 g/mol. The monoisotopic (exact) mass is 365 g/mol. The van der Waals surface area contributed by atoms with E-state index in [0.717, 1.165) is 27.8 Å². The Morgan fingerprint density at radius 1 is 1.07 bits per heavy atom. The van der Waals surface area contributed by atoms with Crippen molar-refractivity contribution >= 4 is 11.6 Å². The molecule has 0 saturated carbocycles. The molecule has 2 aromatic carbocycles. The molecule has 3 rings (SSSR count). The summed E-state index contributed by atoms with van der Waals surface area (Å²) in [6, 6.07) is 9.75. The van der Waals surface area contributed by atoms with E-state index in [4.69, 9.17) is 0 Å². The lowest BCUT2D eigenvalue weighted by Gasteiger charge is -2.13. The highest BCUT2D eigenvalue weighted by Gasteiger charge is 2.15. The number of halogens is 1. The molecule has 27 heavy (non-hydrogen) atoms. The van der Waals surface area contributed by atoms with Crippen molar-refractivity contribution < 1.29 is 14.3 Å². The molecule has 3 aromatic rings. The number of carbonyl (C=O) groups is 1. The molecule has 6 heteroatoms. The Balaban J connectivity index is 1.90. The molecule has 0 bridgehead atoms. The summed E-state index contributed by atoms with van der Waals surface area (Å²) in [6.45, 7) is 5.45. The average Bonchev–Trinajstić information content (AvgIpc) is 2.64. The van der Waals surface area contributed by atoms with Crippen molar-refractivity contribution in [3.63, 3.8) is 0 Å². The molecule has 0 atom stereocenters. The first-order valence-corrected chi connectivity index (χ1v) is 8.51. The highest BCUT2D eigenvalue weighted by atomic mass is 19.1. The fraction of sp³-hybridized carbons (Fsp3) is 0.190. The Kier molecular flexibility index (Phi) is 5.28. The second-order valence-corrected chi connectivity index (χ2v) is 6.44. The summed E-state index contributed by atoms with van der Waals surface area (Å²) in [7, 11) is 0. The number of aromatic nitrogens is 2. The van der Waals surface area contributed by atoms with Crippen LogP contribution >= 0.6 is 0 Å². The van der Waals surface area contributed by atoms with Crippen molar-refractivity contribution in [1.29, 1.82) is 0 Å². The van der Waals surface area contributed by atoms with Gasteiger partial charge in [-0.25, -0.2) is 14.4 Å². The SMILES string of the molecule is Cc1cc(F)ccc1-c1ccnc(C(=O)Nc2c(C)cc(CO)cc2C)n1. The van der Waals surface area contributed by atoms with Crippen LogP contribution in [0, 0.1) is 26.6 Å². The summed E-state index contributed by atoms with van der Waals surface area (Å²) in [4.78, 5) is 21.1. The standard InChI is InChI=1S/C21H20FN3O2/c1-12-10-16(22)4-5-17(12)18-6-7-23-20(24-18)21(27)25-19-13(2)8-15(11-26)9-14(19)3/h4-10,26H,11H2,1-3H3,(H,25,27). The summed E-state index contributed by atoms with van der Waals surface area (Å²) >= 11 is 0. The fourth-order valence-corrected chi connectivity index (χ4v) is 3.04. The molecule has 0 fully saturated rings. The van der Waals surface area contributed by atoms with Crippen molar-refractivity contribution in [3.05, 3.63) is 76.5 Å². The summed E-state index contributed by atoms with van der Waals surface area (Å²) in [5.41, 5.74) is 5.17. The summed E-state index contributed by atoms with van der Waals surface area (Å²) in [6.07, 6.45) is 1.51. The van der Waals surface area contributed by atoms with Gasteiger partial charge in [0.25, 0.3) is 5.91 Å². The van der Waals surface area contributed by atoms with Crippen LogP contribution in [-0.4, -0.2) is 21.0 Å². The zero-order valence-electron chi connectivity index (χ0n) is 15.4. The van der Waals surface area contributed by atoms with Crippen LogP contribution in [0.1, 0.15) is 32.9 Å². The zero-order chi connectivity index (χ0) is 19.6. The van der Waals surface area contributed by atoms with Gasteiger partial charge in [0.15, 0.2) is 0 Å². The third-order valence-electron chi connectivity index (χ3n) is 4.34. The second-order valence-electron chi connectivity index (χ2n) is 6.44. The van der Waals surface area contributed by atoms with E-state index in [1.54, 1.807) is 19.1 Å². The van der Waals surface area contributed by atoms with Crippen LogP contribution in [0.2, 0.25) is 0 Å². The first-order valence-electron chi connectivity index (χ1n) is 8.51. The minimum atomic E-state index is -0.431. The van der Waals surface area contributed by atoms with Crippen LogP contribution in [-0.2, 0) is 6.61 Å². The van der Waals surface area contributed by atoms with E-state index in [-0.39, 0.29) is 18.2 Å². The highest BCUT2D eigenvalue weighted by molar-refractivity contribution is 6.02. The van der Waals surface area contributed by atoms with Gasteiger partial charge in [-0.3, -0.25) is 4.79 Å². The molecule has 1 amide bonds. The third-order valence-corrected chi connectivity index (χ3v) is 4.34. The predicted molar refractivity (Wildman–Crippen MR) is 102 cm³/mol. The lowest BCUT2D eigenvalue weighted by molar-refractivity contribution is 0.101. The molecule has 0 aliphatic carbocycles. The van der Waals surface area contributed by atoms with Gasteiger partial charge in [0.1, 0.15) is 5.82 Å². The molecule has 0 spiro atoms. The van der Waals surface area contributed by atoms with Crippen molar-refractivity contribution in [3.8, 4) is 11.3 Å². The van der Waals surface area contributed by atoms with Crippen molar-refractivity contribution in [1.82, 2.24) is 9.97 Å². The van der Waals surface area contributed by atoms with Crippen LogP contribution < -0.4 is 5.32 Å². The van der Waals surface area contributed by atoms with E-state index in [2.05, 4.69) is 15.3 Å². The van der Waals surface area contributed by atoms with Gasteiger partial charge >= 0.3 is 0 Å². The number of aryl methyl sites for hydroxylation is 3. The van der Waals surface area contributed by atoms with Gasteiger partial charge in [0.05, 0.1) is 12.3 Å². The molecule has 0 aliphatic heterocycles. The van der Waals surface area contributed by atoms with Gasteiger partial charge in [0, 0.05) is 17.4 Å². The van der Waals surface area contributed by atoms with E-state index in [1.165, 1.54) is 18.3 Å². The van der Waals surface area contributed by atoms with Gasteiger partial charge in [-0.15, -0.1) is 0 Å². The van der Waals surface area contributed by atoms with E-state index in [1.807, 2.05) is 26.0 Å². The Labute approximate surface area is 156 Å². The Hall–Kier alpha value is -3.12. The minimum absolute atomic E-state index is 0.0289. The van der Waals surface area contributed by atoms with Crippen LogP contribution in [0.15, 0.2) is 42.6 Å². The Morgan fingerprint density at radius 2 is 1.78 bits per heavy atom. The van der Waals surface area contributed by atoms with Gasteiger partial charge < -0.3 is 10.4 Å². The maximum atomic E-state index is 13.3. The number of nitrogens with zero attached hydrogens (tertiary/aromatic N) is 2. The van der Waals surface area contributed by atoms with Crippen molar-refractivity contribution in [2.75, 3.05) is 5.32 Å². The van der Waals surface area contributed by atoms with E-state index in [0.29, 0.717) is 11.4 Å². The molecule has 1 aromatic heterocycles. The maximum absolute atomic E-state index is 13.3. The Morgan fingerprint density at radius 3 is 2.41 bits per heavy atom. The number of hydrogen-bond donors (Lipinski definition) is 2. The quantitative estimate of drug-likeness (QED) is 0.734. The zero-order valence-corrected chi connectivity index (χ0v) is 15.4. The first kappa shape index (κ1) is 18.7. The fourth-order valence-electron chi connectivity index (χ4n) is 3.04. The number of amides is 1. The van der Waals surface area contributed by atoms with Crippen molar-refractivity contribution in [2.45, 2.75) is 27.4 Å². The van der Waals surface area contributed by atoms with Gasteiger partial charge in [-0.05, 0) is 67.3 Å². The number of rotatable bonds is 4. The number of carbonyl (C=O) groups excluding carboxylic acids is 1. The molecule has 0 aliphatic rings. The molecule has 138 valence electrons. The first-order chi connectivity index (χ1) is 12.9. The number of aliphatic hydroxyl groups excluding tert-OH is 1. The van der Waals surface area contributed by atoms with E-state index in [9.17, 15) is 14.3 Å². The molecule has 2 N–H and O–H groups in total. The van der Waals surface area contributed by atoms with Gasteiger partial charge in [0.2, 0.25) is 5.82 Å². The van der Waals surface area contributed by atoms with Gasteiger partial charge in [-0.2, -0.15) is 0 Å². The van der Waals surface area contributed by atoms with E-state index >= 15 is 0 Å². The number of benzene rings is 2.